The molecule has 0 heterocycles. The van der Waals surface area contributed by atoms with Gasteiger partial charge in [0.15, 0.2) is 0 Å². The lowest BCUT2D eigenvalue weighted by Gasteiger charge is -2.30. The van der Waals surface area contributed by atoms with Gasteiger partial charge in [0.25, 0.3) is 0 Å². The van der Waals surface area contributed by atoms with Gasteiger partial charge in [0.2, 0.25) is 0 Å². The summed E-state index contributed by atoms with van der Waals surface area (Å²) in [5, 5.41) is -0.381. The van der Waals surface area contributed by atoms with Gasteiger partial charge in [-0.05, 0) is 46.3 Å². The largest absolute Gasteiger partial charge is 0.491 e. The molecule has 2 atom stereocenters. The normalized spacial score (nSPS) is 26.1. The van der Waals surface area contributed by atoms with Crippen LogP contribution in [0.3, 0.4) is 0 Å². The summed E-state index contributed by atoms with van der Waals surface area (Å²) in [6.45, 7) is 0.697. The first-order chi connectivity index (χ1) is 9.59. The third kappa shape index (κ3) is 4.60. The summed E-state index contributed by atoms with van der Waals surface area (Å²) in [7, 11) is 3.73. The first-order valence-electron chi connectivity index (χ1n) is 6.76. The van der Waals surface area contributed by atoms with Crippen LogP contribution in [-0.2, 0) is 14.3 Å². The van der Waals surface area contributed by atoms with E-state index in [1.54, 1.807) is 0 Å². The van der Waals surface area contributed by atoms with Gasteiger partial charge < -0.3 is 9.64 Å². The Bertz CT molecular complexity index is 401. The van der Waals surface area contributed by atoms with Crippen LogP contribution in [0.5, 0.6) is 0 Å². The molecule has 0 N–H and O–H groups in total. The van der Waals surface area contributed by atoms with Crippen LogP contribution in [0.15, 0.2) is 0 Å². The van der Waals surface area contributed by atoms with Gasteiger partial charge in [0.1, 0.15) is 0 Å². The highest BCUT2D eigenvalue weighted by molar-refractivity contribution is 7.81. The Kier molecular flexibility index (Phi) is 6.10. The van der Waals surface area contributed by atoms with Gasteiger partial charge in [0, 0.05) is 5.25 Å². The minimum Gasteiger partial charge on any atom is -0.386 e. The van der Waals surface area contributed by atoms with Crippen LogP contribution in [0.2, 0.25) is 0 Å². The van der Waals surface area contributed by atoms with Crippen LogP contribution >= 0.6 is 12.6 Å². The molecule has 0 saturated heterocycles. The SMILES string of the molecule is CN(C)CCC[C@@]1(C(=O)OC(=O)C(F)(F)F)CCC[C@@H]1S. The van der Waals surface area contributed by atoms with Crippen molar-refractivity contribution < 1.29 is 27.5 Å². The Balaban J connectivity index is 2.78. The number of thiol groups is 1. The average molecular weight is 327 g/mol. The zero-order chi connectivity index (χ0) is 16.3. The summed E-state index contributed by atoms with van der Waals surface area (Å²) in [6.07, 6.45) is -2.46. The maximum absolute atomic E-state index is 12.2. The van der Waals surface area contributed by atoms with Crippen molar-refractivity contribution in [3.05, 3.63) is 0 Å². The zero-order valence-corrected chi connectivity index (χ0v) is 13.0. The quantitative estimate of drug-likeness (QED) is 0.479. The van der Waals surface area contributed by atoms with Gasteiger partial charge in [-0.3, -0.25) is 4.79 Å². The third-order valence-corrected chi connectivity index (χ3v) is 4.54. The van der Waals surface area contributed by atoms with Crippen molar-refractivity contribution in [2.75, 3.05) is 20.6 Å². The molecule has 1 saturated carbocycles. The Hall–Kier alpha value is -0.760. The molecule has 0 spiro atoms. The van der Waals surface area contributed by atoms with E-state index in [-0.39, 0.29) is 5.25 Å². The molecule has 0 radical (unpaired) electrons. The van der Waals surface area contributed by atoms with E-state index in [1.807, 2.05) is 19.0 Å². The fourth-order valence-corrected chi connectivity index (χ4v) is 3.19. The van der Waals surface area contributed by atoms with E-state index >= 15 is 0 Å². The van der Waals surface area contributed by atoms with Crippen molar-refractivity contribution in [1.29, 1.82) is 0 Å². The molecule has 21 heavy (non-hydrogen) atoms. The number of carbonyl (C=O) groups is 2. The Morgan fingerprint density at radius 3 is 2.43 bits per heavy atom. The smallest absolute Gasteiger partial charge is 0.386 e. The van der Waals surface area contributed by atoms with Crippen LogP contribution in [0.25, 0.3) is 0 Å². The van der Waals surface area contributed by atoms with Crippen LogP contribution in [0, 0.1) is 5.41 Å². The number of carbonyl (C=O) groups excluding carboxylic acids is 2. The minimum atomic E-state index is -5.16. The summed E-state index contributed by atoms with van der Waals surface area (Å²) < 4.78 is 40.7. The van der Waals surface area contributed by atoms with Crippen LogP contribution in [0.4, 0.5) is 13.2 Å². The first kappa shape index (κ1) is 18.3. The molecule has 0 aliphatic heterocycles. The average Bonchev–Trinajstić information content (AvgIpc) is 2.70. The second kappa shape index (κ2) is 7.00. The molecule has 122 valence electrons. The lowest BCUT2D eigenvalue weighted by molar-refractivity contribution is -0.205. The van der Waals surface area contributed by atoms with Crippen LogP contribution in [-0.4, -0.2) is 48.9 Å². The summed E-state index contributed by atoms with van der Waals surface area (Å²) in [5.74, 6) is -3.55. The molecule has 0 bridgehead atoms. The highest BCUT2D eigenvalue weighted by Crippen LogP contribution is 2.46. The molecule has 0 aromatic heterocycles. The van der Waals surface area contributed by atoms with E-state index in [9.17, 15) is 22.8 Å². The second-order valence-corrected chi connectivity index (χ2v) is 6.27. The monoisotopic (exact) mass is 327 g/mol. The summed E-state index contributed by atoms with van der Waals surface area (Å²) >= 11 is 4.33. The topological polar surface area (TPSA) is 46.6 Å². The van der Waals surface area contributed by atoms with Crippen molar-refractivity contribution in [2.45, 2.75) is 43.5 Å². The minimum absolute atomic E-state index is 0.364. The molecule has 1 rings (SSSR count). The van der Waals surface area contributed by atoms with Gasteiger partial charge in [-0.15, -0.1) is 0 Å². The Labute approximate surface area is 127 Å². The van der Waals surface area contributed by atoms with E-state index in [1.165, 1.54) is 0 Å². The number of esters is 2. The number of alkyl halides is 3. The predicted molar refractivity (Wildman–Crippen MR) is 74.0 cm³/mol. The lowest BCUT2D eigenvalue weighted by atomic mass is 9.81. The second-order valence-electron chi connectivity index (χ2n) is 5.65. The molecular weight excluding hydrogens is 307 g/mol. The van der Waals surface area contributed by atoms with Gasteiger partial charge in [0.05, 0.1) is 5.41 Å². The maximum Gasteiger partial charge on any atom is 0.491 e. The van der Waals surface area contributed by atoms with Crippen molar-refractivity contribution in [1.82, 2.24) is 4.90 Å². The van der Waals surface area contributed by atoms with Crippen molar-refractivity contribution in [2.24, 2.45) is 5.41 Å². The van der Waals surface area contributed by atoms with Crippen LogP contribution in [0.1, 0.15) is 32.1 Å². The van der Waals surface area contributed by atoms with Crippen molar-refractivity contribution >= 4 is 24.6 Å². The highest BCUT2D eigenvalue weighted by atomic mass is 32.1. The maximum atomic E-state index is 12.2. The zero-order valence-electron chi connectivity index (χ0n) is 12.1. The lowest BCUT2D eigenvalue weighted by Crippen LogP contribution is -2.41. The Morgan fingerprint density at radius 1 is 1.38 bits per heavy atom. The molecule has 1 aliphatic carbocycles. The first-order valence-corrected chi connectivity index (χ1v) is 7.27. The van der Waals surface area contributed by atoms with E-state index in [2.05, 4.69) is 17.4 Å². The molecule has 0 amide bonds. The van der Waals surface area contributed by atoms with Gasteiger partial charge in [-0.1, -0.05) is 6.42 Å². The molecule has 1 aliphatic rings. The number of rotatable bonds is 5. The van der Waals surface area contributed by atoms with Crippen LogP contribution < -0.4 is 0 Å². The predicted octanol–water partition coefficient (Wildman–Crippen LogP) is 2.43. The van der Waals surface area contributed by atoms with E-state index in [0.29, 0.717) is 38.6 Å². The third-order valence-electron chi connectivity index (χ3n) is 3.79. The van der Waals surface area contributed by atoms with E-state index in [4.69, 9.17) is 0 Å². The van der Waals surface area contributed by atoms with E-state index in [0.717, 1.165) is 0 Å². The molecule has 8 heteroatoms. The van der Waals surface area contributed by atoms with Gasteiger partial charge >= 0.3 is 18.1 Å². The molecule has 0 unspecified atom stereocenters. The highest BCUT2D eigenvalue weighted by Gasteiger charge is 2.51. The number of hydrogen-bond donors (Lipinski definition) is 1. The number of hydrogen-bond acceptors (Lipinski definition) is 5. The molecule has 4 nitrogen and oxygen atoms in total. The molecule has 0 aromatic carbocycles. The van der Waals surface area contributed by atoms with Crippen molar-refractivity contribution in [3.8, 4) is 0 Å². The van der Waals surface area contributed by atoms with Gasteiger partial charge in [-0.25, -0.2) is 4.79 Å². The molecule has 1 fully saturated rings. The fraction of sp³-hybridized carbons (Fsp3) is 0.846. The molecular formula is C13H20F3NO3S. The molecule has 0 aromatic rings. The standard InChI is InChI=1S/C13H20F3NO3S/c1-17(2)8-4-7-12(6-3-5-9(12)21)10(18)20-11(19)13(14,15)16/h9,21H,3-8H2,1-2H3/t9-,12-/m0/s1. The fourth-order valence-electron chi connectivity index (χ4n) is 2.64. The van der Waals surface area contributed by atoms with Gasteiger partial charge in [-0.2, -0.15) is 25.8 Å². The Morgan fingerprint density at radius 2 is 2.00 bits per heavy atom. The summed E-state index contributed by atoms with van der Waals surface area (Å²) in [6, 6.07) is 0. The number of nitrogens with zero attached hydrogens (tertiary/aromatic N) is 1. The van der Waals surface area contributed by atoms with Crippen molar-refractivity contribution in [3.63, 3.8) is 0 Å². The van der Waals surface area contributed by atoms with E-state index < -0.39 is 23.5 Å². The number of halogens is 3. The summed E-state index contributed by atoms with van der Waals surface area (Å²) in [4.78, 5) is 24.9. The summed E-state index contributed by atoms with van der Waals surface area (Å²) in [5.41, 5.74) is -1.10. The number of ether oxygens (including phenoxy) is 1.